The number of benzene rings is 2. The third-order valence-corrected chi connectivity index (χ3v) is 3.97. The second kappa shape index (κ2) is 8.87. The van der Waals surface area contributed by atoms with Crippen molar-refractivity contribution < 1.29 is 9.59 Å². The predicted molar refractivity (Wildman–Crippen MR) is 102 cm³/mol. The summed E-state index contributed by atoms with van der Waals surface area (Å²) < 4.78 is 0. The minimum Gasteiger partial charge on any atom is -0.376 e. The standard InChI is InChI=1S/C20H25N3O2/c1-4-16-7-5-6-8-18(16)21-13-20(25)23(3)14-19(24)22-17-11-9-15(2)10-12-17/h5-12,21H,4,13-14H2,1-3H3,(H,22,24). The van der Waals surface area contributed by atoms with Crippen molar-refractivity contribution >= 4 is 23.2 Å². The van der Waals surface area contributed by atoms with Crippen molar-refractivity contribution in [1.82, 2.24) is 4.90 Å². The summed E-state index contributed by atoms with van der Waals surface area (Å²) in [6.07, 6.45) is 0.895. The van der Waals surface area contributed by atoms with Crippen LogP contribution < -0.4 is 10.6 Å². The van der Waals surface area contributed by atoms with Crippen molar-refractivity contribution in [2.45, 2.75) is 20.3 Å². The van der Waals surface area contributed by atoms with Crippen LogP contribution in [-0.2, 0) is 16.0 Å². The summed E-state index contributed by atoms with van der Waals surface area (Å²) in [5.41, 5.74) is 3.97. The van der Waals surface area contributed by atoms with E-state index in [0.29, 0.717) is 0 Å². The van der Waals surface area contributed by atoms with Gasteiger partial charge in [0.1, 0.15) is 0 Å². The van der Waals surface area contributed by atoms with E-state index < -0.39 is 0 Å². The van der Waals surface area contributed by atoms with Crippen molar-refractivity contribution in [3.05, 3.63) is 59.7 Å². The molecule has 0 unspecified atom stereocenters. The Hall–Kier alpha value is -2.82. The number of aryl methyl sites for hydroxylation is 2. The Bertz CT molecular complexity index is 726. The summed E-state index contributed by atoms with van der Waals surface area (Å²) >= 11 is 0. The number of hydrogen-bond donors (Lipinski definition) is 2. The van der Waals surface area contributed by atoms with Crippen molar-refractivity contribution in [3.63, 3.8) is 0 Å². The molecule has 132 valence electrons. The largest absolute Gasteiger partial charge is 0.376 e. The Labute approximate surface area is 149 Å². The molecule has 0 radical (unpaired) electrons. The van der Waals surface area contributed by atoms with Crippen LogP contribution in [0.3, 0.4) is 0 Å². The smallest absolute Gasteiger partial charge is 0.243 e. The quantitative estimate of drug-likeness (QED) is 0.815. The van der Waals surface area contributed by atoms with Gasteiger partial charge in [0, 0.05) is 18.4 Å². The van der Waals surface area contributed by atoms with E-state index in [9.17, 15) is 9.59 Å². The van der Waals surface area contributed by atoms with E-state index in [2.05, 4.69) is 17.6 Å². The van der Waals surface area contributed by atoms with Crippen LogP contribution in [0, 0.1) is 6.92 Å². The topological polar surface area (TPSA) is 61.4 Å². The molecule has 0 aliphatic carbocycles. The van der Waals surface area contributed by atoms with Gasteiger partial charge in [-0.25, -0.2) is 0 Å². The molecule has 2 aromatic carbocycles. The van der Waals surface area contributed by atoms with E-state index in [1.165, 1.54) is 4.90 Å². The molecule has 0 aliphatic rings. The first-order valence-corrected chi connectivity index (χ1v) is 8.42. The first-order valence-electron chi connectivity index (χ1n) is 8.42. The van der Waals surface area contributed by atoms with Crippen LogP contribution in [0.15, 0.2) is 48.5 Å². The van der Waals surface area contributed by atoms with Crippen LogP contribution in [-0.4, -0.2) is 36.9 Å². The van der Waals surface area contributed by atoms with Crippen LogP contribution in [0.1, 0.15) is 18.1 Å². The van der Waals surface area contributed by atoms with E-state index in [-0.39, 0.29) is 24.9 Å². The Balaban J connectivity index is 1.83. The highest BCUT2D eigenvalue weighted by molar-refractivity contribution is 5.95. The highest BCUT2D eigenvalue weighted by Crippen LogP contribution is 2.15. The Morgan fingerprint density at radius 2 is 1.72 bits per heavy atom. The first-order chi connectivity index (χ1) is 12.0. The number of amides is 2. The number of para-hydroxylation sites is 1. The first kappa shape index (κ1) is 18.5. The molecule has 0 aliphatic heterocycles. The van der Waals surface area contributed by atoms with Gasteiger partial charge in [-0.2, -0.15) is 0 Å². The molecular weight excluding hydrogens is 314 g/mol. The van der Waals surface area contributed by atoms with E-state index in [0.717, 1.165) is 28.9 Å². The van der Waals surface area contributed by atoms with Gasteiger partial charge in [0.15, 0.2) is 0 Å². The van der Waals surface area contributed by atoms with Crippen LogP contribution >= 0.6 is 0 Å². The predicted octanol–water partition coefficient (Wildman–Crippen LogP) is 3.07. The minimum absolute atomic E-state index is 0.0177. The Kier molecular flexibility index (Phi) is 6.57. The number of carbonyl (C=O) groups is 2. The Morgan fingerprint density at radius 1 is 1.04 bits per heavy atom. The lowest BCUT2D eigenvalue weighted by molar-refractivity contribution is -0.131. The van der Waals surface area contributed by atoms with E-state index >= 15 is 0 Å². The fourth-order valence-electron chi connectivity index (χ4n) is 2.45. The fraction of sp³-hybridized carbons (Fsp3) is 0.300. The molecule has 0 heterocycles. The average Bonchev–Trinajstić information content (AvgIpc) is 2.61. The maximum atomic E-state index is 12.2. The average molecular weight is 339 g/mol. The lowest BCUT2D eigenvalue weighted by Gasteiger charge is -2.18. The summed E-state index contributed by atoms with van der Waals surface area (Å²) in [6, 6.07) is 15.5. The minimum atomic E-state index is -0.214. The van der Waals surface area contributed by atoms with Gasteiger partial charge >= 0.3 is 0 Å². The molecule has 0 aromatic heterocycles. The number of carbonyl (C=O) groups excluding carboxylic acids is 2. The SMILES string of the molecule is CCc1ccccc1NCC(=O)N(C)CC(=O)Nc1ccc(C)cc1. The number of nitrogens with zero attached hydrogens (tertiary/aromatic N) is 1. The Morgan fingerprint density at radius 3 is 2.40 bits per heavy atom. The van der Waals surface area contributed by atoms with Crippen LogP contribution in [0.2, 0.25) is 0 Å². The molecular formula is C20H25N3O2. The van der Waals surface area contributed by atoms with Gasteiger partial charge < -0.3 is 15.5 Å². The molecule has 0 saturated heterocycles. The summed E-state index contributed by atoms with van der Waals surface area (Å²) in [5, 5.41) is 5.94. The van der Waals surface area contributed by atoms with Crippen LogP contribution in [0.5, 0.6) is 0 Å². The van der Waals surface area contributed by atoms with Crippen LogP contribution in [0.25, 0.3) is 0 Å². The molecule has 0 fully saturated rings. The molecule has 2 aromatic rings. The number of nitrogens with one attached hydrogen (secondary N) is 2. The molecule has 2 amide bonds. The van der Waals surface area contributed by atoms with Crippen molar-refractivity contribution in [3.8, 4) is 0 Å². The highest BCUT2D eigenvalue weighted by Gasteiger charge is 2.13. The van der Waals surface area contributed by atoms with Gasteiger partial charge in [-0.1, -0.05) is 42.8 Å². The fourth-order valence-corrected chi connectivity index (χ4v) is 2.45. The maximum Gasteiger partial charge on any atom is 0.243 e. The van der Waals surface area contributed by atoms with Crippen molar-refractivity contribution in [2.75, 3.05) is 30.8 Å². The zero-order valence-electron chi connectivity index (χ0n) is 15.0. The monoisotopic (exact) mass is 339 g/mol. The summed E-state index contributed by atoms with van der Waals surface area (Å²) in [5.74, 6) is -0.348. The van der Waals surface area contributed by atoms with E-state index in [4.69, 9.17) is 0 Å². The van der Waals surface area contributed by atoms with Crippen LogP contribution in [0.4, 0.5) is 11.4 Å². The number of anilines is 2. The molecule has 5 heteroatoms. The number of likely N-dealkylation sites (N-methyl/N-ethyl adjacent to an activating group) is 1. The highest BCUT2D eigenvalue weighted by atomic mass is 16.2. The molecule has 25 heavy (non-hydrogen) atoms. The molecule has 0 saturated carbocycles. The van der Waals surface area contributed by atoms with Gasteiger partial charge in [-0.15, -0.1) is 0 Å². The van der Waals surface area contributed by atoms with Gasteiger partial charge in [0.25, 0.3) is 0 Å². The third-order valence-electron chi connectivity index (χ3n) is 3.97. The lowest BCUT2D eigenvalue weighted by atomic mass is 10.1. The van der Waals surface area contributed by atoms with Gasteiger partial charge in [-0.3, -0.25) is 9.59 Å². The summed E-state index contributed by atoms with van der Waals surface area (Å²) in [6.45, 7) is 4.24. The van der Waals surface area contributed by atoms with Gasteiger partial charge in [0.05, 0.1) is 13.1 Å². The maximum absolute atomic E-state index is 12.2. The van der Waals surface area contributed by atoms with Gasteiger partial charge in [0.2, 0.25) is 11.8 Å². The lowest BCUT2D eigenvalue weighted by Crippen LogP contribution is -2.38. The molecule has 5 nitrogen and oxygen atoms in total. The van der Waals surface area contributed by atoms with E-state index in [1.54, 1.807) is 7.05 Å². The zero-order valence-corrected chi connectivity index (χ0v) is 15.0. The molecule has 0 atom stereocenters. The zero-order chi connectivity index (χ0) is 18.2. The number of rotatable bonds is 7. The normalized spacial score (nSPS) is 10.2. The summed E-state index contributed by atoms with van der Waals surface area (Å²) in [4.78, 5) is 25.7. The third kappa shape index (κ3) is 5.64. The molecule has 0 bridgehead atoms. The van der Waals surface area contributed by atoms with Crippen molar-refractivity contribution in [2.24, 2.45) is 0 Å². The summed E-state index contributed by atoms with van der Waals surface area (Å²) in [7, 11) is 1.63. The second-order valence-electron chi connectivity index (χ2n) is 6.03. The van der Waals surface area contributed by atoms with E-state index in [1.807, 2.05) is 55.5 Å². The molecule has 2 rings (SSSR count). The molecule has 0 spiro atoms. The van der Waals surface area contributed by atoms with Gasteiger partial charge in [-0.05, 0) is 37.1 Å². The van der Waals surface area contributed by atoms with Crippen molar-refractivity contribution in [1.29, 1.82) is 0 Å². The molecule has 2 N–H and O–H groups in total. The second-order valence-corrected chi connectivity index (χ2v) is 6.03. The number of hydrogen-bond acceptors (Lipinski definition) is 3.